The van der Waals surface area contributed by atoms with Gasteiger partial charge in [-0.3, -0.25) is 4.98 Å². The van der Waals surface area contributed by atoms with Crippen LogP contribution in [0.4, 0.5) is 13.2 Å². The summed E-state index contributed by atoms with van der Waals surface area (Å²) in [6, 6.07) is 3.77. The highest BCUT2D eigenvalue weighted by molar-refractivity contribution is 5.29. The first-order chi connectivity index (χ1) is 9.01. The number of likely N-dealkylation sites (N-methyl/N-ethyl adjacent to an activating group) is 1. The Morgan fingerprint density at radius 1 is 1.47 bits per heavy atom. The third-order valence-electron chi connectivity index (χ3n) is 3.69. The Kier molecular flexibility index (Phi) is 4.45. The van der Waals surface area contributed by atoms with E-state index in [1.807, 2.05) is 19.1 Å². The average molecular weight is 272 g/mol. The number of pyridine rings is 1. The molecule has 0 aromatic carbocycles. The summed E-state index contributed by atoms with van der Waals surface area (Å²) in [5.41, 5.74) is 2.16. The molecule has 1 aromatic rings. The maximum Gasteiger partial charge on any atom is 0.389 e. The molecule has 19 heavy (non-hydrogen) atoms. The standard InChI is InChI=1S/C14H19F3N2/c1-2-18-12(7-8-14(15,16)17)11-6-5-10-4-3-9-19-13(10)11/h3-4,9,11-12,18H,2,5-8H2,1H3. The first-order valence-electron chi connectivity index (χ1n) is 6.75. The molecule has 0 amide bonds. The van der Waals surface area contributed by atoms with Crippen molar-refractivity contribution in [3.63, 3.8) is 0 Å². The van der Waals surface area contributed by atoms with Crippen molar-refractivity contribution in [3.05, 3.63) is 29.6 Å². The van der Waals surface area contributed by atoms with Crippen LogP contribution in [-0.2, 0) is 6.42 Å². The van der Waals surface area contributed by atoms with Crippen LogP contribution in [0.2, 0.25) is 0 Å². The summed E-state index contributed by atoms with van der Waals surface area (Å²) in [7, 11) is 0. The summed E-state index contributed by atoms with van der Waals surface area (Å²) in [5.74, 6) is 0.110. The lowest BCUT2D eigenvalue weighted by atomic mass is 9.93. The van der Waals surface area contributed by atoms with E-state index in [1.165, 1.54) is 5.56 Å². The van der Waals surface area contributed by atoms with E-state index < -0.39 is 12.6 Å². The summed E-state index contributed by atoms with van der Waals surface area (Å²) in [4.78, 5) is 4.37. The zero-order valence-corrected chi connectivity index (χ0v) is 11.0. The Bertz CT molecular complexity index is 417. The monoisotopic (exact) mass is 272 g/mol. The van der Waals surface area contributed by atoms with E-state index in [2.05, 4.69) is 10.3 Å². The van der Waals surface area contributed by atoms with E-state index in [9.17, 15) is 13.2 Å². The molecule has 1 aliphatic rings. The smallest absolute Gasteiger partial charge is 0.314 e. The van der Waals surface area contributed by atoms with Crippen molar-refractivity contribution >= 4 is 0 Å². The second-order valence-corrected chi connectivity index (χ2v) is 5.01. The van der Waals surface area contributed by atoms with Gasteiger partial charge in [0.25, 0.3) is 0 Å². The van der Waals surface area contributed by atoms with E-state index in [-0.39, 0.29) is 18.4 Å². The molecule has 1 aromatic heterocycles. The van der Waals surface area contributed by atoms with E-state index in [0.717, 1.165) is 18.5 Å². The lowest BCUT2D eigenvalue weighted by molar-refractivity contribution is -0.136. The highest BCUT2D eigenvalue weighted by Crippen LogP contribution is 2.36. The average Bonchev–Trinajstić information content (AvgIpc) is 2.77. The minimum absolute atomic E-state index is 0.110. The molecule has 0 radical (unpaired) electrons. The van der Waals surface area contributed by atoms with Crippen molar-refractivity contribution in [1.82, 2.24) is 10.3 Å². The highest BCUT2D eigenvalue weighted by Gasteiger charge is 2.34. The number of nitrogens with one attached hydrogen (secondary N) is 1. The van der Waals surface area contributed by atoms with E-state index >= 15 is 0 Å². The van der Waals surface area contributed by atoms with E-state index in [1.54, 1.807) is 6.20 Å². The van der Waals surface area contributed by atoms with Gasteiger partial charge in [0, 0.05) is 30.3 Å². The number of hydrogen-bond acceptors (Lipinski definition) is 2. The van der Waals surface area contributed by atoms with Gasteiger partial charge in [-0.2, -0.15) is 13.2 Å². The Hall–Kier alpha value is -1.10. The van der Waals surface area contributed by atoms with Crippen LogP contribution in [0.15, 0.2) is 18.3 Å². The fraction of sp³-hybridized carbons (Fsp3) is 0.643. The lowest BCUT2D eigenvalue weighted by Gasteiger charge is -2.25. The highest BCUT2D eigenvalue weighted by atomic mass is 19.4. The summed E-state index contributed by atoms with van der Waals surface area (Å²) < 4.78 is 37.2. The van der Waals surface area contributed by atoms with Crippen molar-refractivity contribution in [2.24, 2.45) is 0 Å². The largest absolute Gasteiger partial charge is 0.389 e. The van der Waals surface area contributed by atoms with Crippen LogP contribution in [0.25, 0.3) is 0 Å². The van der Waals surface area contributed by atoms with Gasteiger partial charge in [0.1, 0.15) is 0 Å². The van der Waals surface area contributed by atoms with Gasteiger partial charge in [-0.05, 0) is 37.4 Å². The molecule has 0 spiro atoms. The van der Waals surface area contributed by atoms with Gasteiger partial charge in [-0.15, -0.1) is 0 Å². The predicted molar refractivity (Wildman–Crippen MR) is 68.1 cm³/mol. The Labute approximate surface area is 111 Å². The first-order valence-corrected chi connectivity index (χ1v) is 6.75. The van der Waals surface area contributed by atoms with E-state index in [0.29, 0.717) is 6.54 Å². The fourth-order valence-electron chi connectivity index (χ4n) is 2.86. The molecular formula is C14H19F3N2. The van der Waals surface area contributed by atoms with E-state index in [4.69, 9.17) is 0 Å². The Morgan fingerprint density at radius 3 is 2.95 bits per heavy atom. The van der Waals surface area contributed by atoms with Crippen molar-refractivity contribution < 1.29 is 13.2 Å². The van der Waals surface area contributed by atoms with Crippen LogP contribution < -0.4 is 5.32 Å². The number of alkyl halides is 3. The van der Waals surface area contributed by atoms with Gasteiger partial charge in [-0.25, -0.2) is 0 Å². The minimum atomic E-state index is -4.08. The topological polar surface area (TPSA) is 24.9 Å². The number of halogens is 3. The second kappa shape index (κ2) is 5.90. The quantitative estimate of drug-likeness (QED) is 0.888. The molecule has 106 valence electrons. The summed E-state index contributed by atoms with van der Waals surface area (Å²) in [5, 5.41) is 3.20. The first kappa shape index (κ1) is 14.3. The van der Waals surface area contributed by atoms with Gasteiger partial charge in [-0.1, -0.05) is 13.0 Å². The molecule has 2 nitrogen and oxygen atoms in total. The van der Waals surface area contributed by atoms with Gasteiger partial charge in [0.05, 0.1) is 0 Å². The normalized spacial score (nSPS) is 20.3. The molecule has 2 rings (SSSR count). The van der Waals surface area contributed by atoms with Crippen molar-refractivity contribution in [2.45, 2.75) is 50.7 Å². The van der Waals surface area contributed by atoms with Crippen LogP contribution in [0.5, 0.6) is 0 Å². The Morgan fingerprint density at radius 2 is 2.26 bits per heavy atom. The Balaban J connectivity index is 2.08. The summed E-state index contributed by atoms with van der Waals surface area (Å²) >= 11 is 0. The SMILES string of the molecule is CCNC(CCC(F)(F)F)C1CCc2cccnc21. The van der Waals surface area contributed by atoms with Gasteiger partial charge < -0.3 is 5.32 Å². The minimum Gasteiger partial charge on any atom is -0.314 e. The number of nitrogens with zero attached hydrogens (tertiary/aromatic N) is 1. The van der Waals surface area contributed by atoms with Crippen LogP contribution >= 0.6 is 0 Å². The molecule has 1 heterocycles. The molecule has 2 unspecified atom stereocenters. The van der Waals surface area contributed by atoms with Crippen molar-refractivity contribution in [2.75, 3.05) is 6.54 Å². The van der Waals surface area contributed by atoms with Crippen LogP contribution in [0, 0.1) is 0 Å². The zero-order chi connectivity index (χ0) is 13.9. The summed E-state index contributed by atoms with van der Waals surface area (Å²) in [6.07, 6.45) is -1.16. The second-order valence-electron chi connectivity index (χ2n) is 5.01. The molecular weight excluding hydrogens is 253 g/mol. The molecule has 0 fully saturated rings. The fourth-order valence-corrected chi connectivity index (χ4v) is 2.86. The predicted octanol–water partition coefficient (Wildman–Crippen LogP) is 3.43. The third-order valence-corrected chi connectivity index (χ3v) is 3.69. The van der Waals surface area contributed by atoms with Crippen LogP contribution in [0.3, 0.4) is 0 Å². The van der Waals surface area contributed by atoms with Crippen molar-refractivity contribution in [3.8, 4) is 0 Å². The molecule has 0 saturated heterocycles. The maximum absolute atomic E-state index is 12.4. The molecule has 0 bridgehead atoms. The molecule has 1 N–H and O–H groups in total. The zero-order valence-electron chi connectivity index (χ0n) is 11.0. The summed E-state index contributed by atoms with van der Waals surface area (Å²) in [6.45, 7) is 2.61. The van der Waals surface area contributed by atoms with Gasteiger partial charge in [0.2, 0.25) is 0 Å². The lowest BCUT2D eigenvalue weighted by Crippen LogP contribution is -2.35. The van der Waals surface area contributed by atoms with Crippen LogP contribution in [0.1, 0.15) is 43.4 Å². The molecule has 5 heteroatoms. The molecule has 1 aliphatic carbocycles. The van der Waals surface area contributed by atoms with Crippen molar-refractivity contribution in [1.29, 1.82) is 0 Å². The number of fused-ring (bicyclic) bond motifs is 1. The molecule has 0 saturated carbocycles. The number of rotatable bonds is 5. The molecule has 0 aliphatic heterocycles. The number of aryl methyl sites for hydroxylation is 1. The third kappa shape index (κ3) is 3.69. The van der Waals surface area contributed by atoms with Gasteiger partial charge in [0.15, 0.2) is 0 Å². The maximum atomic E-state index is 12.4. The number of hydrogen-bond donors (Lipinski definition) is 1. The van der Waals surface area contributed by atoms with Gasteiger partial charge >= 0.3 is 6.18 Å². The number of aromatic nitrogens is 1. The van der Waals surface area contributed by atoms with Crippen LogP contribution in [-0.4, -0.2) is 23.7 Å². The molecule has 2 atom stereocenters.